The maximum atomic E-state index is 12.2. The highest BCUT2D eigenvalue weighted by Gasteiger charge is 2.27. The minimum absolute atomic E-state index is 0.262. The third-order valence-corrected chi connectivity index (χ3v) is 5.61. The molecule has 0 aliphatic heterocycles. The average Bonchev–Trinajstić information content (AvgIpc) is 2.78. The fraction of sp³-hybridized carbons (Fsp3) is 0.0870. The summed E-state index contributed by atoms with van der Waals surface area (Å²) in [5, 5.41) is 0. The summed E-state index contributed by atoms with van der Waals surface area (Å²) >= 11 is -1.12. The van der Waals surface area contributed by atoms with Crippen LogP contribution < -0.4 is 10.6 Å². The molecule has 0 bridgehead atoms. The largest absolute Gasteiger partial charge is 0.612 e. The van der Waals surface area contributed by atoms with Crippen LogP contribution in [0.1, 0.15) is 17.2 Å². The molecule has 0 amide bonds. The van der Waals surface area contributed by atoms with E-state index < -0.39 is 11.2 Å². The van der Waals surface area contributed by atoms with E-state index in [4.69, 9.17) is 5.73 Å². The van der Waals surface area contributed by atoms with Gasteiger partial charge in [-0.1, -0.05) is 24.3 Å². The molecule has 7 heteroatoms. The van der Waals surface area contributed by atoms with E-state index in [-0.39, 0.29) is 6.04 Å². The summed E-state index contributed by atoms with van der Waals surface area (Å²) in [4.78, 5) is 16.0. The van der Waals surface area contributed by atoms with E-state index in [1.807, 2.05) is 73.1 Å². The second-order valence-electron chi connectivity index (χ2n) is 6.72. The van der Waals surface area contributed by atoms with E-state index in [2.05, 4.69) is 19.9 Å². The van der Waals surface area contributed by atoms with E-state index in [0.717, 1.165) is 21.7 Å². The molecule has 30 heavy (non-hydrogen) atoms. The molecule has 4 aromatic rings. The lowest BCUT2D eigenvalue weighted by Crippen LogP contribution is -2.26. The molecular weight excluding hydrogens is 394 g/mol. The number of benzene rings is 1. The third-order valence-electron chi connectivity index (χ3n) is 4.69. The van der Waals surface area contributed by atoms with Crippen LogP contribution in [0.15, 0.2) is 96.4 Å². The van der Waals surface area contributed by atoms with E-state index >= 15 is 0 Å². The van der Waals surface area contributed by atoms with Crippen molar-refractivity contribution in [2.75, 3.05) is 16.9 Å². The first kappa shape index (κ1) is 19.9. The Bertz CT molecular complexity index is 1070. The standard InChI is InChI=1S/C23H21N5OS/c1-30(29)20-9-2-8-19(14-20)28(22-11-3-10-21(24)27-22)23(17-6-4-12-25-15-17)18-7-5-13-26-16-18/h2-16,23H,1H3,(H2,24,27). The van der Waals surface area contributed by atoms with Crippen molar-refractivity contribution in [3.63, 3.8) is 0 Å². The van der Waals surface area contributed by atoms with Gasteiger partial charge in [-0.05, 0) is 58.7 Å². The highest BCUT2D eigenvalue weighted by molar-refractivity contribution is 7.90. The first-order valence-corrected chi connectivity index (χ1v) is 10.9. The summed E-state index contributed by atoms with van der Waals surface area (Å²) in [6.45, 7) is 0. The highest BCUT2D eigenvalue weighted by atomic mass is 32.2. The third kappa shape index (κ3) is 4.27. The van der Waals surface area contributed by atoms with Crippen LogP contribution >= 0.6 is 0 Å². The van der Waals surface area contributed by atoms with Crippen LogP contribution in [0.2, 0.25) is 0 Å². The van der Waals surface area contributed by atoms with Gasteiger partial charge >= 0.3 is 0 Å². The lowest BCUT2D eigenvalue weighted by atomic mass is 9.99. The molecule has 3 heterocycles. The monoisotopic (exact) mass is 415 g/mol. The molecule has 2 N–H and O–H groups in total. The van der Waals surface area contributed by atoms with Gasteiger partial charge < -0.3 is 15.2 Å². The van der Waals surface area contributed by atoms with Crippen molar-refractivity contribution in [2.24, 2.45) is 0 Å². The maximum Gasteiger partial charge on any atom is 0.154 e. The molecule has 150 valence electrons. The van der Waals surface area contributed by atoms with E-state index in [0.29, 0.717) is 11.6 Å². The summed E-state index contributed by atoms with van der Waals surface area (Å²) in [6.07, 6.45) is 8.82. The van der Waals surface area contributed by atoms with Crippen molar-refractivity contribution < 1.29 is 4.55 Å². The van der Waals surface area contributed by atoms with Crippen LogP contribution in [-0.2, 0) is 11.2 Å². The molecule has 6 nitrogen and oxygen atoms in total. The Kier molecular flexibility index (Phi) is 5.92. The van der Waals surface area contributed by atoms with Gasteiger partial charge in [-0.15, -0.1) is 0 Å². The number of nitrogens with zero attached hydrogens (tertiary/aromatic N) is 4. The first-order chi connectivity index (χ1) is 14.6. The smallest absolute Gasteiger partial charge is 0.154 e. The van der Waals surface area contributed by atoms with Crippen LogP contribution in [-0.4, -0.2) is 25.8 Å². The minimum Gasteiger partial charge on any atom is -0.612 e. The van der Waals surface area contributed by atoms with Crippen molar-refractivity contribution in [2.45, 2.75) is 10.9 Å². The van der Waals surface area contributed by atoms with Gasteiger partial charge in [0, 0.05) is 36.5 Å². The number of nitrogen functional groups attached to an aromatic ring is 1. The van der Waals surface area contributed by atoms with Crippen molar-refractivity contribution in [3.05, 3.63) is 103 Å². The zero-order valence-electron chi connectivity index (χ0n) is 16.4. The fourth-order valence-electron chi connectivity index (χ4n) is 3.37. The van der Waals surface area contributed by atoms with Gasteiger partial charge in [0.05, 0.1) is 6.04 Å². The zero-order chi connectivity index (χ0) is 20.9. The second kappa shape index (κ2) is 8.94. The number of aromatic nitrogens is 3. The Hall–Kier alpha value is -3.42. The summed E-state index contributed by atoms with van der Waals surface area (Å²) < 4.78 is 12.2. The minimum atomic E-state index is -1.12. The number of hydrogen-bond acceptors (Lipinski definition) is 6. The molecule has 0 saturated heterocycles. The van der Waals surface area contributed by atoms with Crippen molar-refractivity contribution >= 4 is 28.5 Å². The van der Waals surface area contributed by atoms with Crippen LogP contribution in [0.4, 0.5) is 17.3 Å². The van der Waals surface area contributed by atoms with Crippen molar-refractivity contribution in [1.82, 2.24) is 15.0 Å². The molecule has 0 aliphatic rings. The predicted molar refractivity (Wildman–Crippen MR) is 120 cm³/mol. The SMILES string of the molecule is C[S+]([O-])c1cccc(N(c2cccc(N)n2)C(c2cccnc2)c2cccnc2)c1. The highest BCUT2D eigenvalue weighted by Crippen LogP contribution is 2.38. The average molecular weight is 416 g/mol. The number of nitrogens with two attached hydrogens (primary N) is 1. The fourth-order valence-corrected chi connectivity index (χ4v) is 3.92. The Morgan fingerprint density at radius 1 is 0.900 bits per heavy atom. The second-order valence-corrected chi connectivity index (χ2v) is 8.10. The van der Waals surface area contributed by atoms with Gasteiger partial charge in [0.2, 0.25) is 0 Å². The van der Waals surface area contributed by atoms with Crippen molar-refractivity contribution in [1.29, 1.82) is 0 Å². The summed E-state index contributed by atoms with van der Waals surface area (Å²) in [5.74, 6) is 1.09. The Balaban J connectivity index is 1.96. The van der Waals surface area contributed by atoms with E-state index in [9.17, 15) is 4.55 Å². The molecule has 0 saturated carbocycles. The molecule has 0 aliphatic carbocycles. The normalized spacial score (nSPS) is 12.0. The van der Waals surface area contributed by atoms with Crippen LogP contribution in [0.3, 0.4) is 0 Å². The summed E-state index contributed by atoms with van der Waals surface area (Å²) in [5.41, 5.74) is 8.81. The van der Waals surface area contributed by atoms with Gasteiger partial charge in [-0.25, -0.2) is 4.98 Å². The molecule has 0 radical (unpaired) electrons. The lowest BCUT2D eigenvalue weighted by molar-refractivity contribution is 0.601. The number of anilines is 3. The van der Waals surface area contributed by atoms with Gasteiger partial charge in [-0.2, -0.15) is 0 Å². The number of hydrogen-bond donors (Lipinski definition) is 1. The van der Waals surface area contributed by atoms with Gasteiger partial charge in [0.25, 0.3) is 0 Å². The molecule has 3 aromatic heterocycles. The number of pyridine rings is 3. The Morgan fingerprint density at radius 3 is 2.13 bits per heavy atom. The molecule has 1 aromatic carbocycles. The van der Waals surface area contributed by atoms with Crippen LogP contribution in [0, 0.1) is 0 Å². The lowest BCUT2D eigenvalue weighted by Gasteiger charge is -2.33. The first-order valence-electron chi connectivity index (χ1n) is 9.38. The zero-order valence-corrected chi connectivity index (χ0v) is 17.2. The van der Waals surface area contributed by atoms with Crippen molar-refractivity contribution in [3.8, 4) is 0 Å². The Labute approximate surface area is 178 Å². The summed E-state index contributed by atoms with van der Waals surface area (Å²) in [7, 11) is 0. The van der Waals surface area contributed by atoms with E-state index in [1.165, 1.54) is 0 Å². The molecule has 1 unspecified atom stereocenters. The molecular formula is C23H21N5OS. The van der Waals surface area contributed by atoms with Gasteiger partial charge in [0.1, 0.15) is 17.9 Å². The molecule has 0 fully saturated rings. The molecule has 1 atom stereocenters. The van der Waals surface area contributed by atoms with Gasteiger partial charge in [-0.3, -0.25) is 9.97 Å². The van der Waals surface area contributed by atoms with Crippen LogP contribution in [0.25, 0.3) is 0 Å². The quantitative estimate of drug-likeness (QED) is 0.476. The molecule has 4 rings (SSSR count). The van der Waals surface area contributed by atoms with E-state index in [1.54, 1.807) is 24.7 Å². The number of rotatable bonds is 6. The van der Waals surface area contributed by atoms with Crippen LogP contribution in [0.5, 0.6) is 0 Å². The summed E-state index contributed by atoms with van der Waals surface area (Å²) in [6, 6.07) is 20.8. The van der Waals surface area contributed by atoms with Gasteiger partial charge in [0.15, 0.2) is 4.90 Å². The molecule has 0 spiro atoms. The Morgan fingerprint density at radius 2 is 1.57 bits per heavy atom. The topological polar surface area (TPSA) is 91.0 Å². The maximum absolute atomic E-state index is 12.2. The predicted octanol–water partition coefficient (Wildman–Crippen LogP) is 4.12.